The van der Waals surface area contributed by atoms with Crippen LogP contribution in [-0.2, 0) is 6.54 Å². The fraction of sp³-hybridized carbons (Fsp3) is 0.167. The van der Waals surface area contributed by atoms with Gasteiger partial charge in [-0.05, 0) is 37.6 Å². The Morgan fingerprint density at radius 2 is 1.91 bits per heavy atom. The van der Waals surface area contributed by atoms with Crippen molar-refractivity contribution in [2.75, 3.05) is 5.32 Å². The predicted octanol–water partition coefficient (Wildman–Crippen LogP) is 3.95. The number of anilines is 1. The minimum absolute atomic E-state index is 0.161. The Morgan fingerprint density at radius 1 is 1.09 bits per heavy atom. The molecule has 9 nitrogen and oxygen atoms in total. The van der Waals surface area contributed by atoms with E-state index in [4.69, 9.17) is 5.26 Å². The van der Waals surface area contributed by atoms with Crippen molar-refractivity contribution in [1.82, 2.24) is 34.7 Å². The third-order valence-electron chi connectivity index (χ3n) is 5.16. The lowest BCUT2D eigenvalue weighted by atomic mass is 10.1. The van der Waals surface area contributed by atoms with Crippen LogP contribution in [0.5, 0.6) is 0 Å². The summed E-state index contributed by atoms with van der Waals surface area (Å²) in [4.78, 5) is 8.97. The summed E-state index contributed by atoms with van der Waals surface area (Å²) in [5, 5.41) is 26.3. The molecule has 4 aromatic heterocycles. The smallest absolute Gasteiger partial charge is 0.164 e. The summed E-state index contributed by atoms with van der Waals surface area (Å²) in [6.45, 7) is 4.56. The number of aromatic nitrogens is 7. The lowest BCUT2D eigenvalue weighted by Crippen LogP contribution is -2.12. The molecule has 0 saturated heterocycles. The SMILES string of the molecule is CC(C)Nc1cc(-n2ncc3cc(C#N)cnc32)ncc1-c1cn(Cc2ccc(F)cc2)nn1. The lowest BCUT2D eigenvalue weighted by Gasteiger charge is -2.14. The third kappa shape index (κ3) is 4.19. The largest absolute Gasteiger partial charge is 0.382 e. The van der Waals surface area contributed by atoms with Gasteiger partial charge < -0.3 is 5.32 Å². The van der Waals surface area contributed by atoms with Gasteiger partial charge in [0.15, 0.2) is 11.5 Å². The van der Waals surface area contributed by atoms with Gasteiger partial charge in [0, 0.05) is 41.1 Å². The molecular weight excluding hydrogens is 433 g/mol. The average molecular weight is 453 g/mol. The van der Waals surface area contributed by atoms with Crippen molar-refractivity contribution in [2.24, 2.45) is 0 Å². The van der Waals surface area contributed by atoms with Crippen LogP contribution in [0.15, 0.2) is 61.2 Å². The molecule has 0 aliphatic rings. The van der Waals surface area contributed by atoms with Crippen molar-refractivity contribution < 1.29 is 4.39 Å². The second kappa shape index (κ2) is 8.71. The molecule has 5 aromatic rings. The molecule has 0 atom stereocenters. The highest BCUT2D eigenvalue weighted by atomic mass is 19.1. The van der Waals surface area contributed by atoms with Crippen LogP contribution in [0.25, 0.3) is 28.1 Å². The highest BCUT2D eigenvalue weighted by Crippen LogP contribution is 2.29. The number of nitrogens with one attached hydrogen (secondary N) is 1. The van der Waals surface area contributed by atoms with E-state index in [0.29, 0.717) is 29.3 Å². The van der Waals surface area contributed by atoms with Crippen LogP contribution in [0.3, 0.4) is 0 Å². The van der Waals surface area contributed by atoms with Crippen LogP contribution >= 0.6 is 0 Å². The van der Waals surface area contributed by atoms with E-state index in [1.165, 1.54) is 18.3 Å². The number of hydrogen-bond acceptors (Lipinski definition) is 7. The minimum atomic E-state index is -0.274. The molecule has 0 spiro atoms. The molecule has 0 saturated carbocycles. The summed E-state index contributed by atoms with van der Waals surface area (Å²) >= 11 is 0. The summed E-state index contributed by atoms with van der Waals surface area (Å²) in [5.74, 6) is 0.307. The fourth-order valence-electron chi connectivity index (χ4n) is 3.62. The molecular formula is C24H20FN9. The van der Waals surface area contributed by atoms with E-state index in [9.17, 15) is 4.39 Å². The van der Waals surface area contributed by atoms with Crippen LogP contribution in [-0.4, -0.2) is 40.8 Å². The maximum absolute atomic E-state index is 13.2. The van der Waals surface area contributed by atoms with Crippen molar-refractivity contribution in [1.29, 1.82) is 5.26 Å². The standard InChI is InChI=1S/C24H20FN9/c1-15(2)30-21-8-23(34-24-18(11-29-34)7-17(9-26)10-28-24)27-12-20(21)22-14-33(32-31-22)13-16-3-5-19(25)6-4-16/h3-8,10-12,14-15H,13H2,1-2H3,(H,27,30). The van der Waals surface area contributed by atoms with Crippen molar-refractivity contribution in [3.8, 4) is 23.1 Å². The maximum Gasteiger partial charge on any atom is 0.164 e. The van der Waals surface area contributed by atoms with Crippen molar-refractivity contribution >= 4 is 16.7 Å². The molecule has 1 aromatic carbocycles. The van der Waals surface area contributed by atoms with Crippen molar-refractivity contribution in [3.05, 3.63) is 78.1 Å². The van der Waals surface area contributed by atoms with Gasteiger partial charge >= 0.3 is 0 Å². The molecule has 10 heteroatoms. The van der Waals surface area contributed by atoms with Crippen molar-refractivity contribution in [3.63, 3.8) is 0 Å². The van der Waals surface area contributed by atoms with Gasteiger partial charge in [0.25, 0.3) is 0 Å². The van der Waals surface area contributed by atoms with Gasteiger partial charge in [0.1, 0.15) is 17.6 Å². The molecule has 1 N–H and O–H groups in total. The summed E-state index contributed by atoms with van der Waals surface area (Å²) in [5.41, 5.74) is 4.28. The monoisotopic (exact) mass is 453 g/mol. The van der Waals surface area contributed by atoms with Gasteiger partial charge in [-0.2, -0.15) is 15.0 Å². The molecule has 0 amide bonds. The van der Waals surface area contributed by atoms with Crippen molar-refractivity contribution in [2.45, 2.75) is 26.4 Å². The molecule has 0 aliphatic heterocycles. The summed E-state index contributed by atoms with van der Waals surface area (Å²) in [6, 6.07) is 12.2. The Balaban J connectivity index is 1.50. The summed E-state index contributed by atoms with van der Waals surface area (Å²) in [6.07, 6.45) is 6.74. The topological polar surface area (TPSA) is 110 Å². The first-order valence-corrected chi connectivity index (χ1v) is 10.7. The van der Waals surface area contributed by atoms with Gasteiger partial charge in [0.2, 0.25) is 0 Å². The number of pyridine rings is 2. The number of fused-ring (bicyclic) bond motifs is 1. The Morgan fingerprint density at radius 3 is 2.68 bits per heavy atom. The second-order valence-corrected chi connectivity index (χ2v) is 8.12. The van der Waals surface area contributed by atoms with E-state index in [2.05, 4.69) is 36.8 Å². The maximum atomic E-state index is 13.2. The molecule has 34 heavy (non-hydrogen) atoms. The number of nitrogens with zero attached hydrogens (tertiary/aromatic N) is 8. The number of nitriles is 1. The summed E-state index contributed by atoms with van der Waals surface area (Å²) < 4.78 is 16.5. The van der Waals surface area contributed by atoms with E-state index in [1.54, 1.807) is 40.0 Å². The summed E-state index contributed by atoms with van der Waals surface area (Å²) in [7, 11) is 0. The minimum Gasteiger partial charge on any atom is -0.382 e. The second-order valence-electron chi connectivity index (χ2n) is 8.12. The Bertz CT molecular complexity index is 1510. The quantitative estimate of drug-likeness (QED) is 0.414. The van der Waals surface area contributed by atoms with E-state index in [1.807, 2.05) is 26.1 Å². The van der Waals surface area contributed by atoms with Crippen LogP contribution < -0.4 is 5.32 Å². The molecule has 5 rings (SSSR count). The zero-order chi connectivity index (χ0) is 23.7. The Kier molecular flexibility index (Phi) is 5.43. The van der Waals surface area contributed by atoms with Gasteiger partial charge in [-0.3, -0.25) is 0 Å². The van der Waals surface area contributed by atoms with Crippen LogP contribution in [0.1, 0.15) is 25.0 Å². The van der Waals surface area contributed by atoms with Crippen LogP contribution in [0, 0.1) is 17.1 Å². The van der Waals surface area contributed by atoms with E-state index < -0.39 is 0 Å². The van der Waals surface area contributed by atoms with Crippen LogP contribution in [0.4, 0.5) is 10.1 Å². The zero-order valence-corrected chi connectivity index (χ0v) is 18.5. The number of hydrogen-bond donors (Lipinski definition) is 1. The number of rotatable bonds is 6. The van der Waals surface area contributed by atoms with Gasteiger partial charge in [-0.15, -0.1) is 5.10 Å². The van der Waals surface area contributed by atoms with E-state index >= 15 is 0 Å². The number of halogens is 1. The van der Waals surface area contributed by atoms with Crippen LogP contribution in [0.2, 0.25) is 0 Å². The van der Waals surface area contributed by atoms with Gasteiger partial charge in [0.05, 0.1) is 24.5 Å². The first-order chi connectivity index (χ1) is 16.5. The fourth-order valence-corrected chi connectivity index (χ4v) is 3.62. The average Bonchev–Trinajstić information content (AvgIpc) is 3.47. The first kappa shape index (κ1) is 21.2. The number of benzene rings is 1. The highest BCUT2D eigenvalue weighted by Gasteiger charge is 2.15. The Hall–Kier alpha value is -4.65. The lowest BCUT2D eigenvalue weighted by molar-refractivity contribution is 0.621. The zero-order valence-electron chi connectivity index (χ0n) is 18.5. The molecule has 0 unspecified atom stereocenters. The van der Waals surface area contributed by atoms with E-state index in [-0.39, 0.29) is 11.9 Å². The molecule has 168 valence electrons. The normalized spacial score (nSPS) is 11.1. The predicted molar refractivity (Wildman–Crippen MR) is 125 cm³/mol. The molecule has 4 heterocycles. The molecule has 0 radical (unpaired) electrons. The molecule has 0 fully saturated rings. The van der Waals surface area contributed by atoms with E-state index in [0.717, 1.165) is 22.2 Å². The molecule has 0 bridgehead atoms. The first-order valence-electron chi connectivity index (χ1n) is 10.7. The highest BCUT2D eigenvalue weighted by molar-refractivity contribution is 5.79. The third-order valence-corrected chi connectivity index (χ3v) is 5.16. The van der Waals surface area contributed by atoms with Gasteiger partial charge in [-0.25, -0.2) is 19.0 Å². The molecule has 0 aliphatic carbocycles. The Labute approximate surface area is 194 Å². The van der Waals surface area contributed by atoms with Gasteiger partial charge in [-0.1, -0.05) is 17.3 Å².